The van der Waals surface area contributed by atoms with Crippen molar-refractivity contribution < 1.29 is 19.1 Å². The molecule has 1 amide bonds. The fraction of sp³-hybridized carbons (Fsp3) is 0.214. The number of anilines is 1. The van der Waals surface area contributed by atoms with Gasteiger partial charge in [-0.1, -0.05) is 11.3 Å². The molecule has 0 aromatic carbocycles. The highest BCUT2D eigenvalue weighted by atomic mass is 32.1. The van der Waals surface area contributed by atoms with E-state index in [2.05, 4.69) is 10.3 Å². The second-order valence-electron chi connectivity index (χ2n) is 4.41. The lowest BCUT2D eigenvalue weighted by Crippen LogP contribution is -2.13. The monoisotopic (exact) mass is 306 g/mol. The summed E-state index contributed by atoms with van der Waals surface area (Å²) in [6.45, 7) is 5.36. The van der Waals surface area contributed by atoms with E-state index in [1.165, 1.54) is 23.6 Å². The predicted molar refractivity (Wildman–Crippen MR) is 79.7 cm³/mol. The third-order valence-electron chi connectivity index (χ3n) is 2.92. The normalized spacial score (nSPS) is 11.0. The SMILES string of the molecule is Cc1oc(C)c(C(=O)Nc2ncc(C=CC(=O)O)s2)c1C. The Bertz CT molecular complexity index is 727. The molecule has 0 aliphatic carbocycles. The average Bonchev–Trinajstić information content (AvgIpc) is 2.93. The number of rotatable bonds is 4. The fourth-order valence-corrected chi connectivity index (χ4v) is 2.58. The minimum atomic E-state index is -1.03. The number of carboxylic acids is 1. The Kier molecular flexibility index (Phi) is 4.23. The highest BCUT2D eigenvalue weighted by Crippen LogP contribution is 2.24. The fourth-order valence-electron chi connectivity index (χ4n) is 1.86. The smallest absolute Gasteiger partial charge is 0.328 e. The second kappa shape index (κ2) is 5.92. The van der Waals surface area contributed by atoms with E-state index in [0.717, 1.165) is 11.6 Å². The molecule has 6 nitrogen and oxygen atoms in total. The highest BCUT2D eigenvalue weighted by Gasteiger charge is 2.19. The molecule has 0 aliphatic rings. The summed E-state index contributed by atoms with van der Waals surface area (Å²) in [4.78, 5) is 27.3. The number of amides is 1. The Balaban J connectivity index is 2.15. The molecule has 2 aromatic rings. The van der Waals surface area contributed by atoms with E-state index in [4.69, 9.17) is 9.52 Å². The molecule has 7 heteroatoms. The Morgan fingerprint density at radius 3 is 2.62 bits per heavy atom. The summed E-state index contributed by atoms with van der Waals surface area (Å²) in [6, 6.07) is 0. The number of aliphatic carboxylic acids is 1. The average molecular weight is 306 g/mol. The van der Waals surface area contributed by atoms with Crippen molar-refractivity contribution in [2.45, 2.75) is 20.8 Å². The lowest BCUT2D eigenvalue weighted by atomic mass is 10.1. The van der Waals surface area contributed by atoms with Gasteiger partial charge in [-0.2, -0.15) is 0 Å². The molecule has 0 spiro atoms. The van der Waals surface area contributed by atoms with Crippen LogP contribution in [-0.2, 0) is 4.79 Å². The quantitative estimate of drug-likeness (QED) is 0.847. The molecular formula is C14H14N2O4S. The number of aromatic nitrogens is 1. The molecule has 0 radical (unpaired) electrons. The number of thiazole rings is 1. The molecule has 2 heterocycles. The van der Waals surface area contributed by atoms with Crippen molar-refractivity contribution in [3.8, 4) is 0 Å². The topological polar surface area (TPSA) is 92.4 Å². The number of carboxylic acid groups (broad SMARTS) is 1. The number of aryl methyl sites for hydroxylation is 2. The number of nitrogens with one attached hydrogen (secondary N) is 1. The van der Waals surface area contributed by atoms with Crippen LogP contribution < -0.4 is 5.32 Å². The van der Waals surface area contributed by atoms with Crippen LogP contribution in [0.15, 0.2) is 16.7 Å². The maximum Gasteiger partial charge on any atom is 0.328 e. The first-order chi connectivity index (χ1) is 9.88. The van der Waals surface area contributed by atoms with Gasteiger partial charge in [0, 0.05) is 22.7 Å². The zero-order chi connectivity index (χ0) is 15.6. The second-order valence-corrected chi connectivity index (χ2v) is 5.47. The van der Waals surface area contributed by atoms with Gasteiger partial charge in [-0.3, -0.25) is 10.1 Å². The van der Waals surface area contributed by atoms with E-state index in [1.54, 1.807) is 13.8 Å². The first-order valence-corrected chi connectivity index (χ1v) is 6.95. The summed E-state index contributed by atoms with van der Waals surface area (Å²) in [5.74, 6) is -0.0500. The Morgan fingerprint density at radius 2 is 2.05 bits per heavy atom. The molecule has 0 unspecified atom stereocenters. The molecule has 110 valence electrons. The van der Waals surface area contributed by atoms with Crippen molar-refractivity contribution >= 4 is 34.4 Å². The number of carbonyl (C=O) groups is 2. The van der Waals surface area contributed by atoms with Gasteiger partial charge >= 0.3 is 5.97 Å². The van der Waals surface area contributed by atoms with Gasteiger partial charge in [-0.15, -0.1) is 0 Å². The highest BCUT2D eigenvalue weighted by molar-refractivity contribution is 7.16. The van der Waals surface area contributed by atoms with Crippen LogP contribution in [0.3, 0.4) is 0 Å². The summed E-state index contributed by atoms with van der Waals surface area (Å²) in [5.41, 5.74) is 1.30. The largest absolute Gasteiger partial charge is 0.478 e. The van der Waals surface area contributed by atoms with E-state index >= 15 is 0 Å². The standard InChI is InChI=1S/C14H14N2O4S/c1-7-8(2)20-9(3)12(7)13(19)16-14-15-6-10(21-14)4-5-11(17)18/h4-6H,1-3H3,(H,17,18)(H,15,16,19). The summed E-state index contributed by atoms with van der Waals surface area (Å²) in [7, 11) is 0. The van der Waals surface area contributed by atoms with Crippen LogP contribution in [0.1, 0.15) is 32.3 Å². The van der Waals surface area contributed by atoms with Crippen LogP contribution in [0.4, 0.5) is 5.13 Å². The maximum absolute atomic E-state index is 12.2. The third kappa shape index (κ3) is 3.38. The van der Waals surface area contributed by atoms with E-state index < -0.39 is 5.97 Å². The molecule has 0 saturated carbocycles. The summed E-state index contributed by atoms with van der Waals surface area (Å²) < 4.78 is 5.42. The first kappa shape index (κ1) is 15.0. The molecule has 2 rings (SSSR count). The van der Waals surface area contributed by atoms with Crippen LogP contribution >= 0.6 is 11.3 Å². The van der Waals surface area contributed by atoms with Crippen molar-refractivity contribution in [2.24, 2.45) is 0 Å². The summed E-state index contributed by atoms with van der Waals surface area (Å²) >= 11 is 1.19. The molecule has 2 aromatic heterocycles. The molecule has 0 fully saturated rings. The molecule has 0 aliphatic heterocycles. The molecular weight excluding hydrogens is 292 g/mol. The van der Waals surface area contributed by atoms with Gasteiger partial charge in [0.05, 0.1) is 5.56 Å². The summed E-state index contributed by atoms with van der Waals surface area (Å²) in [5, 5.41) is 11.6. The van der Waals surface area contributed by atoms with Crippen LogP contribution in [0, 0.1) is 20.8 Å². The lowest BCUT2D eigenvalue weighted by molar-refractivity contribution is -0.131. The first-order valence-electron chi connectivity index (χ1n) is 6.13. The van der Waals surface area contributed by atoms with E-state index in [0.29, 0.717) is 27.1 Å². The third-order valence-corrected chi connectivity index (χ3v) is 3.80. The van der Waals surface area contributed by atoms with Crippen molar-refractivity contribution in [2.75, 3.05) is 5.32 Å². The minimum Gasteiger partial charge on any atom is -0.478 e. The van der Waals surface area contributed by atoms with Crippen LogP contribution in [-0.4, -0.2) is 22.0 Å². The van der Waals surface area contributed by atoms with Crippen LogP contribution in [0.5, 0.6) is 0 Å². The number of hydrogen-bond acceptors (Lipinski definition) is 5. The van der Waals surface area contributed by atoms with Gasteiger partial charge in [-0.25, -0.2) is 9.78 Å². The molecule has 0 bridgehead atoms. The maximum atomic E-state index is 12.2. The Morgan fingerprint density at radius 1 is 1.33 bits per heavy atom. The van der Waals surface area contributed by atoms with Gasteiger partial charge in [0.15, 0.2) is 5.13 Å². The number of carbonyl (C=O) groups excluding carboxylic acids is 1. The van der Waals surface area contributed by atoms with Crippen LogP contribution in [0.2, 0.25) is 0 Å². The Hall–Kier alpha value is -2.41. The number of furan rings is 1. The predicted octanol–water partition coefficient (Wildman–Crippen LogP) is 3.01. The van der Waals surface area contributed by atoms with Crippen LogP contribution in [0.25, 0.3) is 6.08 Å². The zero-order valence-electron chi connectivity index (χ0n) is 11.8. The van der Waals surface area contributed by atoms with Crippen molar-refractivity contribution in [1.82, 2.24) is 4.98 Å². The molecule has 21 heavy (non-hydrogen) atoms. The van der Waals surface area contributed by atoms with Gasteiger partial charge < -0.3 is 9.52 Å². The van der Waals surface area contributed by atoms with Gasteiger partial charge in [-0.05, 0) is 26.8 Å². The Labute approximate surface area is 125 Å². The lowest BCUT2D eigenvalue weighted by Gasteiger charge is -2.01. The number of nitrogens with zero attached hydrogens (tertiary/aromatic N) is 1. The molecule has 2 N–H and O–H groups in total. The molecule has 0 atom stereocenters. The van der Waals surface area contributed by atoms with Crippen molar-refractivity contribution in [3.05, 3.63) is 39.8 Å². The van der Waals surface area contributed by atoms with E-state index in [-0.39, 0.29) is 5.91 Å². The van der Waals surface area contributed by atoms with E-state index in [9.17, 15) is 9.59 Å². The summed E-state index contributed by atoms with van der Waals surface area (Å²) in [6.07, 6.45) is 3.95. The minimum absolute atomic E-state index is 0.287. The van der Waals surface area contributed by atoms with Gasteiger partial charge in [0.25, 0.3) is 5.91 Å². The van der Waals surface area contributed by atoms with E-state index in [1.807, 2.05) is 6.92 Å². The van der Waals surface area contributed by atoms with Gasteiger partial charge in [0.2, 0.25) is 0 Å². The van der Waals surface area contributed by atoms with Crippen molar-refractivity contribution in [3.63, 3.8) is 0 Å². The van der Waals surface area contributed by atoms with Gasteiger partial charge in [0.1, 0.15) is 11.5 Å². The van der Waals surface area contributed by atoms with Crippen molar-refractivity contribution in [1.29, 1.82) is 0 Å². The molecule has 0 saturated heterocycles. The number of hydrogen-bond donors (Lipinski definition) is 2. The zero-order valence-corrected chi connectivity index (χ0v) is 12.6.